The lowest BCUT2D eigenvalue weighted by Gasteiger charge is -2.32. The molecule has 5 heterocycles. The van der Waals surface area contributed by atoms with E-state index >= 15 is 0 Å². The minimum Gasteiger partial charge on any atom is -0.493 e. The van der Waals surface area contributed by atoms with Crippen molar-refractivity contribution in [3.05, 3.63) is 77.9 Å². The first-order valence-corrected chi connectivity index (χ1v) is 17.2. The highest BCUT2D eigenvalue weighted by molar-refractivity contribution is 5.96. The zero-order valence-corrected chi connectivity index (χ0v) is 28.9. The predicted molar refractivity (Wildman–Crippen MR) is 188 cm³/mol. The minimum atomic E-state index is -0.209. The van der Waals surface area contributed by atoms with E-state index in [1.165, 1.54) is 5.56 Å². The van der Waals surface area contributed by atoms with E-state index in [1.807, 2.05) is 29.4 Å². The number of aromatic amines is 1. The molecule has 2 aromatic carbocycles. The molecule has 2 saturated heterocycles. The van der Waals surface area contributed by atoms with Gasteiger partial charge in [0.25, 0.3) is 5.91 Å². The molecule has 50 heavy (non-hydrogen) atoms. The van der Waals surface area contributed by atoms with Crippen molar-refractivity contribution in [2.75, 3.05) is 72.0 Å². The zero-order valence-electron chi connectivity index (χ0n) is 28.9. The summed E-state index contributed by atoms with van der Waals surface area (Å²) in [6, 6.07) is 15.9. The first-order valence-electron chi connectivity index (χ1n) is 17.2. The van der Waals surface area contributed by atoms with Crippen LogP contribution in [-0.2, 0) is 18.4 Å². The van der Waals surface area contributed by atoms with Gasteiger partial charge in [-0.2, -0.15) is 5.21 Å². The molecule has 0 bridgehead atoms. The maximum atomic E-state index is 14.0. The lowest BCUT2D eigenvalue weighted by Crippen LogP contribution is -2.39. The summed E-state index contributed by atoms with van der Waals surface area (Å²) in [4.78, 5) is 30.5. The second-order valence-electron chi connectivity index (χ2n) is 13.0. The highest BCUT2D eigenvalue weighted by atomic mass is 16.5. The van der Waals surface area contributed by atoms with Gasteiger partial charge >= 0.3 is 0 Å². The molecule has 7 rings (SSSR count). The number of carbonyl (C=O) groups excluding carboxylic acids is 1. The molecule has 2 aliphatic heterocycles. The molecule has 0 aliphatic carbocycles. The molecule has 1 N–H and O–H groups in total. The summed E-state index contributed by atoms with van der Waals surface area (Å²) in [6.07, 6.45) is 7.25. The van der Waals surface area contributed by atoms with Crippen LogP contribution in [0.4, 0.5) is 5.95 Å². The Bertz CT molecular complexity index is 1870. The average Bonchev–Trinajstić information content (AvgIpc) is 3.89. The number of hydrogen-bond acceptors (Lipinski definition) is 11. The number of hydrogen-bond donors (Lipinski definition) is 1. The number of rotatable bonds is 12. The van der Waals surface area contributed by atoms with Crippen LogP contribution in [0.2, 0.25) is 0 Å². The van der Waals surface area contributed by atoms with Gasteiger partial charge < -0.3 is 33.5 Å². The Labute approximate surface area is 291 Å². The second-order valence-corrected chi connectivity index (χ2v) is 13.0. The maximum Gasteiger partial charge on any atom is 0.254 e. The van der Waals surface area contributed by atoms with Crippen LogP contribution < -0.4 is 19.1 Å². The van der Waals surface area contributed by atoms with Gasteiger partial charge in [0, 0.05) is 69.1 Å². The minimum absolute atomic E-state index is 0.0531. The fourth-order valence-corrected chi connectivity index (χ4v) is 7.48. The Hall–Kier alpha value is -5.24. The van der Waals surface area contributed by atoms with Gasteiger partial charge in [0.05, 0.1) is 32.4 Å². The van der Waals surface area contributed by atoms with Gasteiger partial charge in [-0.15, -0.1) is 10.2 Å². The lowest BCUT2D eigenvalue weighted by molar-refractivity contribution is 0.0780. The lowest BCUT2D eigenvalue weighted by atomic mass is 9.77. The van der Waals surface area contributed by atoms with Crippen LogP contribution in [0.25, 0.3) is 11.0 Å². The fraction of sp³-hybridized carbons (Fsp3) is 0.444. The smallest absolute Gasteiger partial charge is 0.254 e. The summed E-state index contributed by atoms with van der Waals surface area (Å²) >= 11 is 0. The van der Waals surface area contributed by atoms with Crippen molar-refractivity contribution in [1.29, 1.82) is 0 Å². The number of fused-ring (bicyclic) bond motifs is 1. The number of nitrogens with zero attached hydrogens (tertiary/aromatic N) is 9. The average molecular weight is 681 g/mol. The highest BCUT2D eigenvalue weighted by Gasteiger charge is 2.42. The molecular weight excluding hydrogens is 636 g/mol. The van der Waals surface area contributed by atoms with E-state index in [0.717, 1.165) is 69.0 Å². The number of tetrazole rings is 1. The first-order chi connectivity index (χ1) is 24.5. The van der Waals surface area contributed by atoms with Gasteiger partial charge in [0.15, 0.2) is 17.3 Å². The monoisotopic (exact) mass is 680 g/mol. The van der Waals surface area contributed by atoms with E-state index in [-0.39, 0.29) is 11.3 Å². The number of benzene rings is 2. The van der Waals surface area contributed by atoms with Crippen molar-refractivity contribution < 1.29 is 19.0 Å². The van der Waals surface area contributed by atoms with Crippen molar-refractivity contribution >= 4 is 22.9 Å². The molecule has 2 aliphatic rings. The number of nitrogens with one attached hydrogen (secondary N) is 1. The number of aromatic nitrogens is 7. The second kappa shape index (κ2) is 14.7. The number of ether oxygens (including phenoxy) is 3. The Morgan fingerprint density at radius 3 is 2.52 bits per heavy atom. The summed E-state index contributed by atoms with van der Waals surface area (Å²) in [5, 5.41) is 14.6. The Kier molecular flexibility index (Phi) is 9.78. The predicted octanol–water partition coefficient (Wildman–Crippen LogP) is 3.60. The number of amides is 1. The summed E-state index contributed by atoms with van der Waals surface area (Å²) in [5.41, 5.74) is 3.57. The number of aryl methyl sites for hydroxylation is 2. The maximum absolute atomic E-state index is 14.0. The van der Waals surface area contributed by atoms with Gasteiger partial charge in [-0.05, 0) is 68.2 Å². The molecule has 1 atom stereocenters. The van der Waals surface area contributed by atoms with Crippen LogP contribution in [0.3, 0.4) is 0 Å². The van der Waals surface area contributed by atoms with Crippen LogP contribution >= 0.6 is 0 Å². The number of imidazole rings is 1. The van der Waals surface area contributed by atoms with E-state index in [2.05, 4.69) is 64.2 Å². The van der Waals surface area contributed by atoms with Crippen LogP contribution in [0.15, 0.2) is 60.9 Å². The van der Waals surface area contributed by atoms with Gasteiger partial charge in [0.2, 0.25) is 11.7 Å². The SMILES string of the molecule is COc1cc(C(=O)N2CCC(CCN3CCCN(c4nc5ccccc5n4CCc4nn[nH]n4)CC3)(c3cccnc3)C2)cc(OC)c1OC. The molecule has 5 aromatic rings. The highest BCUT2D eigenvalue weighted by Crippen LogP contribution is 2.41. The van der Waals surface area contributed by atoms with Crippen molar-refractivity contribution in [1.82, 2.24) is 45.0 Å². The van der Waals surface area contributed by atoms with E-state index in [1.54, 1.807) is 33.5 Å². The summed E-state index contributed by atoms with van der Waals surface area (Å²) < 4.78 is 18.8. The fourth-order valence-electron chi connectivity index (χ4n) is 7.48. The molecule has 0 spiro atoms. The third-order valence-electron chi connectivity index (χ3n) is 10.2. The summed E-state index contributed by atoms with van der Waals surface area (Å²) in [6.45, 7) is 6.61. The number of likely N-dealkylation sites (tertiary alicyclic amines) is 1. The molecule has 262 valence electrons. The van der Waals surface area contributed by atoms with E-state index in [9.17, 15) is 4.79 Å². The summed E-state index contributed by atoms with van der Waals surface area (Å²) in [7, 11) is 4.68. The van der Waals surface area contributed by atoms with Crippen molar-refractivity contribution in [2.45, 2.75) is 37.6 Å². The van der Waals surface area contributed by atoms with Gasteiger partial charge in [-0.25, -0.2) is 4.98 Å². The standard InChI is InChI=1S/C36H44N10O4/c1-48-30-22-26(23-31(49-2)33(30)50-3)34(47)45-19-13-36(25-45,27-8-6-14-37-24-27)12-18-43-15-7-16-44(21-20-43)35-38-28-9-4-5-10-29(28)46(35)17-11-32-39-41-42-40-32/h4-6,8-10,14,22-24H,7,11-13,15-21,25H2,1-3H3,(H,39,40,41,42). The van der Waals surface area contributed by atoms with Gasteiger partial charge in [0.1, 0.15) is 0 Å². The number of H-pyrrole nitrogens is 1. The van der Waals surface area contributed by atoms with Gasteiger partial charge in [-0.1, -0.05) is 23.4 Å². The van der Waals surface area contributed by atoms with Crippen LogP contribution in [0, 0.1) is 0 Å². The molecule has 0 saturated carbocycles. The van der Waals surface area contributed by atoms with Crippen LogP contribution in [0.1, 0.15) is 41.0 Å². The van der Waals surface area contributed by atoms with Gasteiger partial charge in [-0.3, -0.25) is 9.78 Å². The van der Waals surface area contributed by atoms with Crippen LogP contribution in [0.5, 0.6) is 17.2 Å². The van der Waals surface area contributed by atoms with E-state index in [0.29, 0.717) is 54.7 Å². The Morgan fingerprint density at radius 2 is 1.78 bits per heavy atom. The Morgan fingerprint density at radius 1 is 0.940 bits per heavy atom. The topological polar surface area (TPSA) is 140 Å². The third kappa shape index (κ3) is 6.67. The first kappa shape index (κ1) is 33.3. The molecular formula is C36H44N10O4. The number of carbonyl (C=O) groups is 1. The summed E-state index contributed by atoms with van der Waals surface area (Å²) in [5.74, 6) is 3.02. The molecule has 2 fully saturated rings. The quantitative estimate of drug-likeness (QED) is 0.207. The molecule has 0 radical (unpaired) electrons. The van der Waals surface area contributed by atoms with Crippen molar-refractivity contribution in [2.24, 2.45) is 0 Å². The molecule has 1 unspecified atom stereocenters. The third-order valence-corrected chi connectivity index (χ3v) is 10.2. The number of pyridine rings is 1. The molecule has 14 nitrogen and oxygen atoms in total. The van der Waals surface area contributed by atoms with Crippen molar-refractivity contribution in [3.8, 4) is 17.2 Å². The number of para-hydroxylation sites is 2. The van der Waals surface area contributed by atoms with E-state index < -0.39 is 0 Å². The number of anilines is 1. The van der Waals surface area contributed by atoms with Crippen molar-refractivity contribution in [3.63, 3.8) is 0 Å². The molecule has 14 heteroatoms. The molecule has 3 aromatic heterocycles. The normalized spacial score (nSPS) is 18.4. The largest absolute Gasteiger partial charge is 0.493 e. The zero-order chi connectivity index (χ0) is 34.5. The van der Waals surface area contributed by atoms with E-state index in [4.69, 9.17) is 19.2 Å². The number of methoxy groups -OCH3 is 3. The molecule has 1 amide bonds. The Balaban J connectivity index is 1.06. The van der Waals surface area contributed by atoms with Crippen LogP contribution in [-0.4, -0.2) is 118 Å².